The summed E-state index contributed by atoms with van der Waals surface area (Å²) in [5, 5.41) is 11.2. The van der Waals surface area contributed by atoms with E-state index in [4.69, 9.17) is 9.15 Å². The van der Waals surface area contributed by atoms with Gasteiger partial charge in [-0.3, -0.25) is 9.59 Å². The number of hydrogen-bond donors (Lipinski definition) is 1. The standard InChI is InChI=1S/C28H30N2O5/c1-19-17-21(12-13-22(19)35-18-20-9-5-4-6-10-20)26(31)24-25(23-11-7-16-34-23)30(28(33)27(24)32)15-8-14-29(2)3/h4-7,9-13,16-17,25,31H,8,14-15,18H2,1-3H3/b26-24-. The van der Waals surface area contributed by atoms with Crippen LogP contribution in [0.2, 0.25) is 0 Å². The summed E-state index contributed by atoms with van der Waals surface area (Å²) in [5.41, 5.74) is 2.33. The number of amides is 1. The number of nitrogens with zero attached hydrogens (tertiary/aromatic N) is 2. The fourth-order valence-electron chi connectivity index (χ4n) is 4.26. The van der Waals surface area contributed by atoms with Crippen molar-refractivity contribution in [1.29, 1.82) is 0 Å². The van der Waals surface area contributed by atoms with Crippen LogP contribution in [-0.2, 0) is 16.2 Å². The molecule has 0 aliphatic carbocycles. The molecule has 35 heavy (non-hydrogen) atoms. The monoisotopic (exact) mass is 474 g/mol. The molecule has 3 aromatic rings. The van der Waals surface area contributed by atoms with Gasteiger partial charge in [-0.15, -0.1) is 0 Å². The van der Waals surface area contributed by atoms with E-state index in [1.165, 1.54) is 11.2 Å². The van der Waals surface area contributed by atoms with Crippen LogP contribution in [0.15, 0.2) is 76.9 Å². The summed E-state index contributed by atoms with van der Waals surface area (Å²) in [4.78, 5) is 29.5. The molecule has 2 heterocycles. The molecule has 7 heteroatoms. The quantitative estimate of drug-likeness (QED) is 0.279. The zero-order valence-electron chi connectivity index (χ0n) is 20.2. The van der Waals surface area contributed by atoms with Crippen LogP contribution in [-0.4, -0.2) is 53.8 Å². The van der Waals surface area contributed by atoms with E-state index in [0.29, 0.717) is 36.6 Å². The molecule has 1 aromatic heterocycles. The van der Waals surface area contributed by atoms with Crippen molar-refractivity contribution in [2.75, 3.05) is 27.2 Å². The minimum Gasteiger partial charge on any atom is -0.507 e. The van der Waals surface area contributed by atoms with Crippen molar-refractivity contribution in [3.63, 3.8) is 0 Å². The average molecular weight is 475 g/mol. The molecule has 0 saturated carbocycles. The Kier molecular flexibility index (Phi) is 7.36. The number of benzene rings is 2. The third-order valence-electron chi connectivity index (χ3n) is 6.04. The minimum atomic E-state index is -0.776. The second-order valence-corrected chi connectivity index (χ2v) is 8.92. The lowest BCUT2D eigenvalue weighted by Gasteiger charge is -2.24. The second kappa shape index (κ2) is 10.6. The smallest absolute Gasteiger partial charge is 0.295 e. The Hall–Kier alpha value is -3.84. The molecule has 0 bridgehead atoms. The second-order valence-electron chi connectivity index (χ2n) is 8.92. The Morgan fingerprint density at radius 2 is 1.86 bits per heavy atom. The molecule has 7 nitrogen and oxygen atoms in total. The lowest BCUT2D eigenvalue weighted by molar-refractivity contribution is -0.140. The number of aliphatic hydroxyl groups excluding tert-OH is 1. The van der Waals surface area contributed by atoms with Gasteiger partial charge in [-0.1, -0.05) is 30.3 Å². The molecule has 1 atom stereocenters. The summed E-state index contributed by atoms with van der Waals surface area (Å²) >= 11 is 0. The molecule has 1 N–H and O–H groups in total. The van der Waals surface area contributed by atoms with Gasteiger partial charge in [-0.25, -0.2) is 0 Å². The van der Waals surface area contributed by atoms with Crippen molar-refractivity contribution in [1.82, 2.24) is 9.80 Å². The fourth-order valence-corrected chi connectivity index (χ4v) is 4.26. The average Bonchev–Trinajstić information content (AvgIpc) is 3.46. The highest BCUT2D eigenvalue weighted by molar-refractivity contribution is 6.46. The topological polar surface area (TPSA) is 83.2 Å². The first-order valence-corrected chi connectivity index (χ1v) is 11.6. The van der Waals surface area contributed by atoms with Crippen molar-refractivity contribution in [3.05, 3.63) is 95.0 Å². The van der Waals surface area contributed by atoms with Gasteiger partial charge in [0.15, 0.2) is 0 Å². The van der Waals surface area contributed by atoms with Crippen molar-refractivity contribution >= 4 is 17.4 Å². The van der Waals surface area contributed by atoms with E-state index in [0.717, 1.165) is 17.7 Å². The van der Waals surface area contributed by atoms with Crippen molar-refractivity contribution < 1.29 is 23.8 Å². The Bertz CT molecular complexity index is 1220. The summed E-state index contributed by atoms with van der Waals surface area (Å²) in [5.74, 6) is -0.452. The van der Waals surface area contributed by atoms with Gasteiger partial charge in [-0.05, 0) is 75.4 Å². The van der Waals surface area contributed by atoms with Crippen LogP contribution in [0.3, 0.4) is 0 Å². The van der Waals surface area contributed by atoms with Gasteiger partial charge in [0.05, 0.1) is 11.8 Å². The predicted molar refractivity (Wildman–Crippen MR) is 133 cm³/mol. The molecule has 0 radical (unpaired) electrons. The minimum absolute atomic E-state index is 0.0344. The number of furan rings is 1. The lowest BCUT2D eigenvalue weighted by atomic mass is 9.98. The Labute approximate surface area is 205 Å². The fraction of sp³-hybridized carbons (Fsp3) is 0.286. The van der Waals surface area contributed by atoms with Gasteiger partial charge in [-0.2, -0.15) is 0 Å². The van der Waals surface area contributed by atoms with Crippen molar-refractivity contribution in [2.45, 2.75) is 26.0 Å². The summed E-state index contributed by atoms with van der Waals surface area (Å²) < 4.78 is 11.5. The number of aryl methyl sites for hydroxylation is 1. The maximum absolute atomic E-state index is 13.1. The maximum Gasteiger partial charge on any atom is 0.295 e. The number of hydrogen-bond acceptors (Lipinski definition) is 6. The van der Waals surface area contributed by atoms with E-state index in [1.807, 2.05) is 56.3 Å². The third kappa shape index (κ3) is 5.30. The SMILES string of the molecule is Cc1cc(/C(O)=C2/C(=O)C(=O)N(CCCN(C)C)C2c2ccco2)ccc1OCc1ccccc1. The number of ketones is 1. The first-order valence-electron chi connectivity index (χ1n) is 11.6. The Morgan fingerprint density at radius 3 is 2.51 bits per heavy atom. The normalized spacial score (nSPS) is 17.4. The Morgan fingerprint density at radius 1 is 1.09 bits per heavy atom. The van der Waals surface area contributed by atoms with Crippen LogP contribution in [0.5, 0.6) is 5.75 Å². The van der Waals surface area contributed by atoms with E-state index in [2.05, 4.69) is 0 Å². The van der Waals surface area contributed by atoms with Crippen molar-refractivity contribution in [2.24, 2.45) is 0 Å². The molecule has 1 aliphatic heterocycles. The van der Waals surface area contributed by atoms with Crippen LogP contribution in [0.1, 0.15) is 34.9 Å². The number of ether oxygens (including phenoxy) is 1. The van der Waals surface area contributed by atoms with Gasteiger partial charge in [0, 0.05) is 12.1 Å². The summed E-state index contributed by atoms with van der Waals surface area (Å²) in [6, 6.07) is 17.7. The lowest BCUT2D eigenvalue weighted by Crippen LogP contribution is -2.32. The van der Waals surface area contributed by atoms with Gasteiger partial charge < -0.3 is 24.1 Å². The van der Waals surface area contributed by atoms with Crippen LogP contribution in [0.4, 0.5) is 0 Å². The molecule has 1 unspecified atom stereocenters. The highest BCUT2D eigenvalue weighted by Gasteiger charge is 2.47. The molecule has 0 spiro atoms. The van der Waals surface area contributed by atoms with E-state index < -0.39 is 17.7 Å². The Balaban J connectivity index is 1.63. The zero-order chi connectivity index (χ0) is 24.9. The molecule has 182 valence electrons. The number of likely N-dealkylation sites (tertiary alicyclic amines) is 1. The van der Waals surface area contributed by atoms with Crippen LogP contribution in [0, 0.1) is 6.92 Å². The van der Waals surface area contributed by atoms with E-state index in [9.17, 15) is 14.7 Å². The first kappa shape index (κ1) is 24.3. The molecule has 1 saturated heterocycles. The largest absolute Gasteiger partial charge is 0.507 e. The molecule has 4 rings (SSSR count). The summed E-state index contributed by atoms with van der Waals surface area (Å²) in [6.07, 6.45) is 2.18. The van der Waals surface area contributed by atoms with Crippen molar-refractivity contribution in [3.8, 4) is 5.75 Å². The highest BCUT2D eigenvalue weighted by atomic mass is 16.5. The molecule has 2 aromatic carbocycles. The van der Waals surface area contributed by atoms with Crippen LogP contribution < -0.4 is 4.74 Å². The number of carbonyl (C=O) groups is 2. The zero-order valence-corrected chi connectivity index (χ0v) is 20.2. The summed E-state index contributed by atoms with van der Waals surface area (Å²) in [7, 11) is 3.90. The van der Waals surface area contributed by atoms with Gasteiger partial charge in [0.2, 0.25) is 0 Å². The highest BCUT2D eigenvalue weighted by Crippen LogP contribution is 2.40. The van der Waals surface area contributed by atoms with Crippen LogP contribution in [0.25, 0.3) is 5.76 Å². The third-order valence-corrected chi connectivity index (χ3v) is 6.04. The molecular weight excluding hydrogens is 444 g/mol. The van der Waals surface area contributed by atoms with Gasteiger partial charge in [0.25, 0.3) is 11.7 Å². The molecule has 1 fully saturated rings. The number of carbonyl (C=O) groups excluding carboxylic acids is 2. The first-order chi connectivity index (χ1) is 16.9. The number of Topliss-reactive ketones (excluding diaryl/α,β-unsaturated/α-hetero) is 1. The summed E-state index contributed by atoms with van der Waals surface area (Å²) in [6.45, 7) is 3.43. The predicted octanol–water partition coefficient (Wildman–Crippen LogP) is 4.54. The van der Waals surface area contributed by atoms with Crippen LogP contribution >= 0.6 is 0 Å². The van der Waals surface area contributed by atoms with Gasteiger partial charge >= 0.3 is 0 Å². The number of aliphatic hydroxyl groups is 1. The maximum atomic E-state index is 13.1. The number of rotatable bonds is 9. The van der Waals surface area contributed by atoms with E-state index in [-0.39, 0.29) is 11.3 Å². The van der Waals surface area contributed by atoms with E-state index >= 15 is 0 Å². The van der Waals surface area contributed by atoms with E-state index in [1.54, 1.807) is 30.3 Å². The van der Waals surface area contributed by atoms with Gasteiger partial charge in [0.1, 0.15) is 29.9 Å². The molecular formula is C28H30N2O5. The molecule has 1 amide bonds. The molecule has 1 aliphatic rings.